The first-order valence-electron chi connectivity index (χ1n) is 4.25. The molecular formula is C10H12F3N. The van der Waals surface area contributed by atoms with Crippen molar-refractivity contribution in [1.29, 1.82) is 0 Å². The zero-order valence-electron chi connectivity index (χ0n) is 8.02. The molecule has 0 aromatic heterocycles. The minimum atomic E-state index is -4.28. The summed E-state index contributed by atoms with van der Waals surface area (Å²) in [4.78, 5) is 0. The molecule has 0 heterocycles. The Labute approximate surface area is 80.7 Å². The molecule has 1 atom stereocenters. The van der Waals surface area contributed by atoms with Gasteiger partial charge in [0, 0.05) is 6.04 Å². The van der Waals surface area contributed by atoms with Crippen LogP contribution in [0.3, 0.4) is 0 Å². The summed E-state index contributed by atoms with van der Waals surface area (Å²) in [6.07, 6.45) is -4.28. The van der Waals surface area contributed by atoms with E-state index in [1.165, 1.54) is 6.07 Å². The number of hydrogen-bond acceptors (Lipinski definition) is 1. The van der Waals surface area contributed by atoms with E-state index in [1.54, 1.807) is 13.8 Å². The van der Waals surface area contributed by atoms with E-state index in [0.717, 1.165) is 17.7 Å². The number of hydrogen-bond donors (Lipinski definition) is 1. The normalized spacial score (nSPS) is 14.1. The Morgan fingerprint density at radius 3 is 2.21 bits per heavy atom. The van der Waals surface area contributed by atoms with Crippen LogP contribution in [0.5, 0.6) is 0 Å². The lowest BCUT2D eigenvalue weighted by molar-refractivity contribution is -0.137. The van der Waals surface area contributed by atoms with Crippen molar-refractivity contribution in [3.05, 3.63) is 34.9 Å². The third-order valence-corrected chi connectivity index (χ3v) is 2.09. The Morgan fingerprint density at radius 2 is 1.86 bits per heavy atom. The molecule has 1 nitrogen and oxygen atoms in total. The Balaban J connectivity index is 3.13. The van der Waals surface area contributed by atoms with Gasteiger partial charge in [-0.1, -0.05) is 6.07 Å². The zero-order chi connectivity index (χ0) is 10.9. The van der Waals surface area contributed by atoms with Gasteiger partial charge in [0.1, 0.15) is 0 Å². The van der Waals surface area contributed by atoms with Crippen LogP contribution in [0.2, 0.25) is 0 Å². The van der Waals surface area contributed by atoms with Crippen LogP contribution in [0.1, 0.15) is 29.7 Å². The molecule has 0 bridgehead atoms. The van der Waals surface area contributed by atoms with Gasteiger partial charge >= 0.3 is 6.18 Å². The first-order chi connectivity index (χ1) is 6.32. The maximum atomic E-state index is 12.3. The fourth-order valence-electron chi connectivity index (χ4n) is 1.36. The van der Waals surface area contributed by atoms with Crippen LogP contribution in [0.25, 0.3) is 0 Å². The molecule has 78 valence electrons. The van der Waals surface area contributed by atoms with E-state index in [9.17, 15) is 13.2 Å². The average molecular weight is 203 g/mol. The van der Waals surface area contributed by atoms with Crippen molar-refractivity contribution in [2.75, 3.05) is 0 Å². The SMILES string of the molecule is Cc1cc(C(F)(F)F)ccc1[C@H](C)N. The predicted octanol–water partition coefficient (Wildman–Crippen LogP) is 3.03. The van der Waals surface area contributed by atoms with Gasteiger partial charge in [-0.05, 0) is 37.1 Å². The van der Waals surface area contributed by atoms with Crippen LogP contribution in [0, 0.1) is 6.92 Å². The molecule has 2 N–H and O–H groups in total. The molecule has 1 aromatic carbocycles. The highest BCUT2D eigenvalue weighted by molar-refractivity contribution is 5.34. The summed E-state index contributed by atoms with van der Waals surface area (Å²) in [7, 11) is 0. The molecule has 0 unspecified atom stereocenters. The minimum Gasteiger partial charge on any atom is -0.324 e. The first-order valence-corrected chi connectivity index (χ1v) is 4.25. The lowest BCUT2D eigenvalue weighted by Gasteiger charge is -2.13. The average Bonchev–Trinajstić information content (AvgIpc) is 2.01. The van der Waals surface area contributed by atoms with E-state index < -0.39 is 11.7 Å². The van der Waals surface area contributed by atoms with Crippen molar-refractivity contribution in [1.82, 2.24) is 0 Å². The van der Waals surface area contributed by atoms with E-state index in [0.29, 0.717) is 5.56 Å². The fraction of sp³-hybridized carbons (Fsp3) is 0.400. The molecule has 0 saturated heterocycles. The van der Waals surface area contributed by atoms with Gasteiger partial charge in [0.15, 0.2) is 0 Å². The van der Waals surface area contributed by atoms with Crippen molar-refractivity contribution in [2.45, 2.75) is 26.1 Å². The molecule has 14 heavy (non-hydrogen) atoms. The summed E-state index contributed by atoms with van der Waals surface area (Å²) >= 11 is 0. The fourth-order valence-corrected chi connectivity index (χ4v) is 1.36. The van der Waals surface area contributed by atoms with E-state index >= 15 is 0 Å². The number of alkyl halides is 3. The molecule has 0 spiro atoms. The van der Waals surface area contributed by atoms with Gasteiger partial charge in [0.05, 0.1) is 5.56 Å². The van der Waals surface area contributed by atoms with Crippen molar-refractivity contribution >= 4 is 0 Å². The second-order valence-corrected chi connectivity index (χ2v) is 3.36. The number of benzene rings is 1. The molecule has 0 fully saturated rings. The van der Waals surface area contributed by atoms with Gasteiger partial charge in [-0.25, -0.2) is 0 Å². The third kappa shape index (κ3) is 2.26. The molecule has 0 aliphatic rings. The Morgan fingerprint density at radius 1 is 1.29 bits per heavy atom. The summed E-state index contributed by atoms with van der Waals surface area (Å²) < 4.78 is 36.8. The molecule has 0 aliphatic heterocycles. The molecule has 0 amide bonds. The highest BCUT2D eigenvalue weighted by atomic mass is 19.4. The maximum absolute atomic E-state index is 12.3. The Hall–Kier alpha value is -1.03. The van der Waals surface area contributed by atoms with Crippen LogP contribution >= 0.6 is 0 Å². The summed E-state index contributed by atoms with van der Waals surface area (Å²) in [6.45, 7) is 3.38. The quantitative estimate of drug-likeness (QED) is 0.745. The van der Waals surface area contributed by atoms with E-state index in [-0.39, 0.29) is 6.04 Å². The van der Waals surface area contributed by atoms with Crippen LogP contribution in [-0.4, -0.2) is 0 Å². The monoisotopic (exact) mass is 203 g/mol. The van der Waals surface area contributed by atoms with Crippen LogP contribution < -0.4 is 5.73 Å². The van der Waals surface area contributed by atoms with Crippen LogP contribution in [0.15, 0.2) is 18.2 Å². The summed E-state index contributed by atoms with van der Waals surface area (Å²) in [5.74, 6) is 0. The second kappa shape index (κ2) is 3.61. The smallest absolute Gasteiger partial charge is 0.324 e. The minimum absolute atomic E-state index is 0.239. The molecule has 1 rings (SSSR count). The molecule has 0 saturated carbocycles. The number of nitrogens with two attached hydrogens (primary N) is 1. The molecule has 4 heteroatoms. The standard InChI is InChI=1S/C10H12F3N/c1-6-5-8(10(11,12)13)3-4-9(6)7(2)14/h3-5,7H,14H2,1-2H3/t7-/m0/s1. The zero-order valence-corrected chi connectivity index (χ0v) is 8.02. The number of rotatable bonds is 1. The van der Waals surface area contributed by atoms with Gasteiger partial charge in [0.25, 0.3) is 0 Å². The highest BCUT2D eigenvalue weighted by Gasteiger charge is 2.30. The number of aryl methyl sites for hydroxylation is 1. The van der Waals surface area contributed by atoms with Gasteiger partial charge in [-0.3, -0.25) is 0 Å². The predicted molar refractivity (Wildman–Crippen MR) is 48.8 cm³/mol. The van der Waals surface area contributed by atoms with Gasteiger partial charge in [0.2, 0.25) is 0 Å². The van der Waals surface area contributed by atoms with Crippen LogP contribution in [-0.2, 0) is 6.18 Å². The van der Waals surface area contributed by atoms with Crippen molar-refractivity contribution in [3.63, 3.8) is 0 Å². The summed E-state index contributed by atoms with van der Waals surface area (Å²) in [5.41, 5.74) is 6.29. The number of halogens is 3. The van der Waals surface area contributed by atoms with E-state index in [1.807, 2.05) is 0 Å². The Kier molecular flexibility index (Phi) is 2.85. The highest BCUT2D eigenvalue weighted by Crippen LogP contribution is 2.31. The van der Waals surface area contributed by atoms with Crippen molar-refractivity contribution in [2.24, 2.45) is 5.73 Å². The topological polar surface area (TPSA) is 26.0 Å². The van der Waals surface area contributed by atoms with Crippen LogP contribution in [0.4, 0.5) is 13.2 Å². The molecule has 0 aliphatic carbocycles. The van der Waals surface area contributed by atoms with E-state index in [2.05, 4.69) is 0 Å². The molecule has 1 aromatic rings. The lowest BCUT2D eigenvalue weighted by atomic mass is 10.0. The first kappa shape index (κ1) is 11.0. The van der Waals surface area contributed by atoms with Crippen molar-refractivity contribution < 1.29 is 13.2 Å². The van der Waals surface area contributed by atoms with Gasteiger partial charge < -0.3 is 5.73 Å². The Bertz CT molecular complexity index is 329. The largest absolute Gasteiger partial charge is 0.416 e. The lowest BCUT2D eigenvalue weighted by Crippen LogP contribution is -2.10. The summed E-state index contributed by atoms with van der Waals surface area (Å²) in [6, 6.07) is 3.38. The summed E-state index contributed by atoms with van der Waals surface area (Å²) in [5, 5.41) is 0. The van der Waals surface area contributed by atoms with Crippen molar-refractivity contribution in [3.8, 4) is 0 Å². The maximum Gasteiger partial charge on any atom is 0.416 e. The van der Waals surface area contributed by atoms with Gasteiger partial charge in [-0.2, -0.15) is 13.2 Å². The third-order valence-electron chi connectivity index (χ3n) is 2.09. The van der Waals surface area contributed by atoms with Gasteiger partial charge in [-0.15, -0.1) is 0 Å². The van der Waals surface area contributed by atoms with E-state index in [4.69, 9.17) is 5.73 Å². The molecular weight excluding hydrogens is 191 g/mol. The molecule has 0 radical (unpaired) electrons. The second-order valence-electron chi connectivity index (χ2n) is 3.36.